The number of hydrogen-bond donors (Lipinski definition) is 2. The number of carboxylic acids is 1. The van der Waals surface area contributed by atoms with Gasteiger partial charge in [0.05, 0.1) is 0 Å². The molecule has 1 aromatic carbocycles. The molecule has 0 aromatic heterocycles. The van der Waals surface area contributed by atoms with E-state index in [0.717, 1.165) is 6.07 Å². The van der Waals surface area contributed by atoms with E-state index in [-0.39, 0.29) is 12.0 Å². The van der Waals surface area contributed by atoms with Gasteiger partial charge in [-0.2, -0.15) is 0 Å². The molecule has 80 valence electrons. The molecule has 1 unspecified atom stereocenters. The molecule has 0 heterocycles. The second-order valence-electron chi connectivity index (χ2n) is 2.72. The monoisotopic (exact) mass is 275 g/mol. The van der Waals surface area contributed by atoms with Gasteiger partial charge in [0.25, 0.3) is 0 Å². The molecular formula is C9H7BrFNO3. The van der Waals surface area contributed by atoms with Crippen molar-refractivity contribution < 1.29 is 19.1 Å². The molecule has 0 aliphatic rings. The molecule has 1 amide bonds. The van der Waals surface area contributed by atoms with E-state index < -0.39 is 17.8 Å². The second kappa shape index (κ2) is 4.88. The van der Waals surface area contributed by atoms with Crippen LogP contribution in [-0.2, 0) is 9.59 Å². The first-order valence-corrected chi connectivity index (χ1v) is 4.73. The summed E-state index contributed by atoms with van der Waals surface area (Å²) in [6, 6.07) is 2.51. The highest BCUT2D eigenvalue weighted by Gasteiger charge is 2.22. The third-order valence-corrected chi connectivity index (χ3v) is 2.24. The largest absolute Gasteiger partial charge is 0.479 e. The smallest absolute Gasteiger partial charge is 0.331 e. The predicted octanol–water partition coefficient (Wildman–Crippen LogP) is 1.46. The summed E-state index contributed by atoms with van der Waals surface area (Å²) in [6.07, 6.45) is 0.221. The average molecular weight is 276 g/mol. The SMILES string of the molecule is O=CNC(C(=O)O)c1cc(Br)ccc1F. The second-order valence-corrected chi connectivity index (χ2v) is 3.64. The number of benzene rings is 1. The summed E-state index contributed by atoms with van der Waals surface area (Å²) in [4.78, 5) is 20.9. The van der Waals surface area contributed by atoms with Gasteiger partial charge in [-0.15, -0.1) is 0 Å². The van der Waals surface area contributed by atoms with Crippen molar-refractivity contribution in [2.24, 2.45) is 0 Å². The van der Waals surface area contributed by atoms with Gasteiger partial charge in [0.2, 0.25) is 6.41 Å². The molecule has 2 N–H and O–H groups in total. The normalized spacial score (nSPS) is 11.9. The first-order valence-electron chi connectivity index (χ1n) is 3.93. The van der Waals surface area contributed by atoms with Crippen LogP contribution in [0, 0.1) is 5.82 Å². The van der Waals surface area contributed by atoms with E-state index in [4.69, 9.17) is 5.11 Å². The third-order valence-electron chi connectivity index (χ3n) is 1.75. The molecule has 0 aliphatic heterocycles. The summed E-state index contributed by atoms with van der Waals surface area (Å²) in [7, 11) is 0. The molecule has 1 atom stereocenters. The van der Waals surface area contributed by atoms with Crippen molar-refractivity contribution in [2.45, 2.75) is 6.04 Å². The summed E-state index contributed by atoms with van der Waals surface area (Å²) in [5, 5.41) is 10.8. The van der Waals surface area contributed by atoms with Crippen LogP contribution in [0.15, 0.2) is 22.7 Å². The van der Waals surface area contributed by atoms with Gasteiger partial charge >= 0.3 is 5.97 Å². The lowest BCUT2D eigenvalue weighted by atomic mass is 10.1. The quantitative estimate of drug-likeness (QED) is 0.818. The first kappa shape index (κ1) is 11.6. The van der Waals surface area contributed by atoms with Crippen LogP contribution in [0.1, 0.15) is 11.6 Å². The fourth-order valence-corrected chi connectivity index (χ4v) is 1.48. The zero-order chi connectivity index (χ0) is 11.4. The van der Waals surface area contributed by atoms with Crippen LogP contribution < -0.4 is 5.32 Å². The number of carbonyl (C=O) groups excluding carboxylic acids is 1. The highest BCUT2D eigenvalue weighted by Crippen LogP contribution is 2.21. The topological polar surface area (TPSA) is 66.4 Å². The summed E-state index contributed by atoms with van der Waals surface area (Å²) in [5.41, 5.74) is -0.0935. The van der Waals surface area contributed by atoms with Crippen LogP contribution in [-0.4, -0.2) is 17.5 Å². The lowest BCUT2D eigenvalue weighted by Gasteiger charge is -2.12. The van der Waals surface area contributed by atoms with Crippen molar-refractivity contribution in [1.82, 2.24) is 5.32 Å². The van der Waals surface area contributed by atoms with E-state index in [9.17, 15) is 14.0 Å². The maximum absolute atomic E-state index is 13.3. The highest BCUT2D eigenvalue weighted by atomic mass is 79.9. The Morgan fingerprint density at radius 2 is 2.27 bits per heavy atom. The number of carboxylic acid groups (broad SMARTS) is 1. The van der Waals surface area contributed by atoms with E-state index in [2.05, 4.69) is 15.9 Å². The molecule has 1 rings (SSSR count). The summed E-state index contributed by atoms with van der Waals surface area (Å²) >= 11 is 3.09. The van der Waals surface area contributed by atoms with Gasteiger partial charge < -0.3 is 10.4 Å². The van der Waals surface area contributed by atoms with Gasteiger partial charge in [0, 0.05) is 10.0 Å². The molecule has 0 aliphatic carbocycles. The average Bonchev–Trinajstić information content (AvgIpc) is 2.18. The molecule has 15 heavy (non-hydrogen) atoms. The predicted molar refractivity (Wildman–Crippen MR) is 53.7 cm³/mol. The van der Waals surface area contributed by atoms with Crippen molar-refractivity contribution in [1.29, 1.82) is 0 Å². The van der Waals surface area contributed by atoms with Crippen LogP contribution in [0.3, 0.4) is 0 Å². The molecule has 0 spiro atoms. The van der Waals surface area contributed by atoms with Crippen molar-refractivity contribution in [3.05, 3.63) is 34.1 Å². The van der Waals surface area contributed by atoms with Crippen LogP contribution in [0.25, 0.3) is 0 Å². The molecule has 0 bridgehead atoms. The lowest BCUT2D eigenvalue weighted by molar-refractivity contribution is -0.140. The summed E-state index contributed by atoms with van der Waals surface area (Å²) < 4.78 is 13.8. The van der Waals surface area contributed by atoms with Crippen LogP contribution >= 0.6 is 15.9 Å². The molecule has 0 fully saturated rings. The van der Waals surface area contributed by atoms with Gasteiger partial charge in [0.15, 0.2) is 6.04 Å². The molecular weight excluding hydrogens is 269 g/mol. The van der Waals surface area contributed by atoms with E-state index in [1.54, 1.807) is 0 Å². The van der Waals surface area contributed by atoms with Gasteiger partial charge in [-0.1, -0.05) is 15.9 Å². The van der Waals surface area contributed by atoms with Gasteiger partial charge in [-0.3, -0.25) is 4.79 Å². The number of rotatable bonds is 4. The number of nitrogens with one attached hydrogen (secondary N) is 1. The number of carbonyl (C=O) groups is 2. The van der Waals surface area contributed by atoms with Crippen LogP contribution in [0.4, 0.5) is 4.39 Å². The third kappa shape index (κ3) is 2.76. The molecule has 6 heteroatoms. The van der Waals surface area contributed by atoms with Gasteiger partial charge in [-0.05, 0) is 18.2 Å². The minimum atomic E-state index is -1.38. The fourth-order valence-electron chi connectivity index (χ4n) is 1.10. The van der Waals surface area contributed by atoms with Crippen molar-refractivity contribution in [3.63, 3.8) is 0 Å². The fraction of sp³-hybridized carbons (Fsp3) is 0.111. The summed E-state index contributed by atoms with van der Waals surface area (Å²) in [5.74, 6) is -2.00. The van der Waals surface area contributed by atoms with E-state index in [1.807, 2.05) is 5.32 Å². The van der Waals surface area contributed by atoms with Crippen LogP contribution in [0.2, 0.25) is 0 Å². The molecule has 0 saturated heterocycles. The number of aliphatic carboxylic acids is 1. The Labute approximate surface area is 93.2 Å². The number of halogens is 2. The maximum Gasteiger partial charge on any atom is 0.331 e. The minimum Gasteiger partial charge on any atom is -0.479 e. The van der Waals surface area contributed by atoms with Crippen molar-refractivity contribution >= 4 is 28.3 Å². The molecule has 1 aromatic rings. The Balaban J connectivity index is 3.15. The van der Waals surface area contributed by atoms with Gasteiger partial charge in [0.1, 0.15) is 5.82 Å². The first-order chi connectivity index (χ1) is 7.06. The Bertz CT molecular complexity index is 397. The van der Waals surface area contributed by atoms with Crippen molar-refractivity contribution in [3.8, 4) is 0 Å². The number of hydrogen-bond acceptors (Lipinski definition) is 2. The zero-order valence-electron chi connectivity index (χ0n) is 7.41. The Hall–Kier alpha value is -1.43. The Morgan fingerprint density at radius 3 is 2.80 bits per heavy atom. The van der Waals surface area contributed by atoms with Crippen LogP contribution in [0.5, 0.6) is 0 Å². The highest BCUT2D eigenvalue weighted by molar-refractivity contribution is 9.10. The number of amides is 1. The van der Waals surface area contributed by atoms with Crippen molar-refractivity contribution in [2.75, 3.05) is 0 Å². The minimum absolute atomic E-state index is 0.0935. The van der Waals surface area contributed by atoms with Gasteiger partial charge in [-0.25, -0.2) is 9.18 Å². The lowest BCUT2D eigenvalue weighted by Crippen LogP contribution is -2.28. The maximum atomic E-state index is 13.3. The van der Waals surface area contributed by atoms with E-state index in [0.29, 0.717) is 4.47 Å². The Morgan fingerprint density at radius 1 is 1.60 bits per heavy atom. The van der Waals surface area contributed by atoms with E-state index in [1.165, 1.54) is 12.1 Å². The standard InChI is InChI=1S/C9H7BrFNO3/c10-5-1-2-7(11)6(3-5)8(9(14)15)12-4-13/h1-4,8H,(H,12,13)(H,14,15). The zero-order valence-corrected chi connectivity index (χ0v) is 8.99. The molecule has 4 nitrogen and oxygen atoms in total. The molecule has 0 saturated carbocycles. The summed E-state index contributed by atoms with van der Waals surface area (Å²) in [6.45, 7) is 0. The Kier molecular flexibility index (Phi) is 3.79. The van der Waals surface area contributed by atoms with E-state index >= 15 is 0 Å². The molecule has 0 radical (unpaired) electrons.